The van der Waals surface area contributed by atoms with Crippen molar-refractivity contribution in [2.75, 3.05) is 19.6 Å². The second-order valence-electron chi connectivity index (χ2n) is 9.69. The number of sulfonamides is 1. The van der Waals surface area contributed by atoms with Crippen molar-refractivity contribution in [3.8, 4) is 5.75 Å². The Morgan fingerprint density at radius 3 is 2.52 bits per heavy atom. The van der Waals surface area contributed by atoms with Gasteiger partial charge >= 0.3 is 30.9 Å². The molecule has 4 rings (SSSR count). The Hall–Kier alpha value is -4.35. The number of fused-ring (bicyclic) bond motifs is 1. The average molecular weight is 604 g/mol. The van der Waals surface area contributed by atoms with Crippen LogP contribution in [0.4, 0.5) is 9.18 Å². The molecule has 0 spiro atoms. The fraction of sp³-hybridized carbons (Fsp3) is 0.320. The molecule has 4 amide bonds. The van der Waals surface area contributed by atoms with Gasteiger partial charge in [0.05, 0.1) is 10.5 Å². The minimum absolute atomic E-state index is 0.0111. The highest BCUT2D eigenvalue weighted by Crippen LogP contribution is 2.37. The lowest BCUT2D eigenvalue weighted by Crippen LogP contribution is -2.58. The summed E-state index contributed by atoms with van der Waals surface area (Å²) >= 11 is 0. The Morgan fingerprint density at radius 2 is 1.90 bits per heavy atom. The van der Waals surface area contributed by atoms with Crippen LogP contribution in [0.15, 0.2) is 41.3 Å². The summed E-state index contributed by atoms with van der Waals surface area (Å²) in [7, 11) is -5.96. The Bertz CT molecular complexity index is 1590. The molecule has 0 aromatic heterocycles. The molecule has 0 radical (unpaired) electrons. The lowest BCUT2D eigenvalue weighted by Gasteiger charge is -2.33. The van der Waals surface area contributed by atoms with E-state index in [1.54, 1.807) is 13.0 Å². The number of aromatic carboxylic acids is 1. The second kappa shape index (κ2) is 11.9. The molecular formula is C25H26BFN4O10S. The molecule has 2 atom stereocenters. The van der Waals surface area contributed by atoms with Gasteiger partial charge in [-0.05, 0) is 37.1 Å². The van der Waals surface area contributed by atoms with Crippen LogP contribution >= 0.6 is 0 Å². The van der Waals surface area contributed by atoms with E-state index in [-0.39, 0.29) is 37.4 Å². The first-order chi connectivity index (χ1) is 19.7. The molecule has 2 heterocycles. The molecule has 0 saturated carbocycles. The van der Waals surface area contributed by atoms with Crippen molar-refractivity contribution >= 4 is 46.7 Å². The van der Waals surface area contributed by atoms with E-state index in [4.69, 9.17) is 9.79 Å². The van der Waals surface area contributed by atoms with Crippen LogP contribution in [0, 0.1) is 5.82 Å². The lowest BCUT2D eigenvalue weighted by molar-refractivity contribution is -0.153. The molecular weight excluding hydrogens is 578 g/mol. The molecule has 14 nitrogen and oxygen atoms in total. The number of primary sulfonamides is 1. The number of rotatable bonds is 8. The van der Waals surface area contributed by atoms with Gasteiger partial charge in [0.1, 0.15) is 17.6 Å². The van der Waals surface area contributed by atoms with Gasteiger partial charge in [-0.3, -0.25) is 19.3 Å². The smallest absolute Gasteiger partial charge is 0.526 e. The maximum atomic E-state index is 15.2. The van der Waals surface area contributed by atoms with Crippen molar-refractivity contribution in [1.29, 1.82) is 0 Å². The number of carboxylic acid groups (broad SMARTS) is 1. The van der Waals surface area contributed by atoms with Gasteiger partial charge in [0, 0.05) is 37.4 Å². The highest BCUT2D eigenvalue weighted by atomic mass is 32.2. The van der Waals surface area contributed by atoms with E-state index in [0.29, 0.717) is 16.5 Å². The fourth-order valence-electron chi connectivity index (χ4n) is 4.82. The molecule has 2 aliphatic heterocycles. The number of hydrogen-bond donors (Lipinski definition) is 4. The number of carbonyl (C=O) groups is 5. The zero-order chi connectivity index (χ0) is 30.9. The molecule has 17 heteroatoms. The molecule has 5 N–H and O–H groups in total. The van der Waals surface area contributed by atoms with E-state index in [0.717, 1.165) is 12.1 Å². The molecule has 2 aromatic rings. The van der Waals surface area contributed by atoms with E-state index in [1.165, 1.54) is 17.0 Å². The first-order valence-electron chi connectivity index (χ1n) is 12.7. The predicted octanol–water partition coefficient (Wildman–Crippen LogP) is 0.0577. The normalized spacial score (nSPS) is 17.8. The summed E-state index contributed by atoms with van der Waals surface area (Å²) in [6.45, 7) is 1.71. The van der Waals surface area contributed by atoms with Gasteiger partial charge in [-0.2, -0.15) is 0 Å². The summed E-state index contributed by atoms with van der Waals surface area (Å²) in [5.41, 5.74) is -0.271. The van der Waals surface area contributed by atoms with Gasteiger partial charge in [0.2, 0.25) is 10.0 Å². The third-order valence-corrected chi connectivity index (χ3v) is 7.96. The number of nitrogens with two attached hydrogens (primary N) is 1. The maximum Gasteiger partial charge on any atom is 0.526 e. The zero-order valence-corrected chi connectivity index (χ0v) is 23.0. The van der Waals surface area contributed by atoms with Crippen LogP contribution in [0.3, 0.4) is 0 Å². The van der Waals surface area contributed by atoms with E-state index in [9.17, 15) is 42.5 Å². The summed E-state index contributed by atoms with van der Waals surface area (Å²) in [6.07, 6.45) is -0.529. The summed E-state index contributed by atoms with van der Waals surface area (Å²) in [4.78, 5) is 64.2. The van der Waals surface area contributed by atoms with Crippen LogP contribution in [-0.4, -0.2) is 84.7 Å². The third-order valence-electron chi connectivity index (χ3n) is 7.05. The van der Waals surface area contributed by atoms with Crippen LogP contribution in [-0.2, 0) is 30.8 Å². The summed E-state index contributed by atoms with van der Waals surface area (Å²) < 4.78 is 44.0. The standard InChI is InChI=1S/C25H26BFN4O10S/c1-2-30-8-9-31(23(34)22(30)33)25(37)29-20(16-7-6-15(12-18(16)27)42(28,39)40)19(32)11-14-10-13-4-3-5-17(24(35)36)21(13)41-26(14)38/h3-7,12,14,20,38H,2,8-11H2,1H3,(H,29,37)(H,35,36)(H2,28,39,40)/t14-,20?/m1/s1. The number of para-hydroxylation sites is 1. The molecule has 0 aliphatic carbocycles. The Balaban J connectivity index is 1.63. The highest BCUT2D eigenvalue weighted by Gasteiger charge is 2.41. The number of nitrogens with zero attached hydrogens (tertiary/aromatic N) is 2. The van der Waals surface area contributed by atoms with Crippen molar-refractivity contribution in [3.63, 3.8) is 0 Å². The second-order valence-corrected chi connectivity index (χ2v) is 11.3. The molecule has 1 saturated heterocycles. The van der Waals surface area contributed by atoms with Gasteiger partial charge in [0.25, 0.3) is 0 Å². The van der Waals surface area contributed by atoms with E-state index in [2.05, 4.69) is 5.32 Å². The van der Waals surface area contributed by atoms with E-state index in [1.807, 2.05) is 0 Å². The number of halogens is 1. The van der Waals surface area contributed by atoms with Crippen molar-refractivity contribution in [1.82, 2.24) is 15.1 Å². The average Bonchev–Trinajstić information content (AvgIpc) is 2.92. The lowest BCUT2D eigenvalue weighted by atomic mass is 9.64. The van der Waals surface area contributed by atoms with Crippen LogP contribution in [0.25, 0.3) is 0 Å². The molecule has 1 unspecified atom stereocenters. The SMILES string of the molecule is CCN1CCN(C(=O)NC(C(=O)C[C@H]2Cc3cccc(C(=O)O)c3OB2O)c2ccc(S(N)(=O)=O)cc2F)C(=O)C1=O. The number of ketones is 1. The van der Waals surface area contributed by atoms with Crippen LogP contribution in [0.2, 0.25) is 5.82 Å². The van der Waals surface area contributed by atoms with Crippen molar-refractivity contribution < 1.29 is 51.6 Å². The van der Waals surface area contributed by atoms with Crippen LogP contribution in [0.5, 0.6) is 5.75 Å². The predicted molar refractivity (Wildman–Crippen MR) is 142 cm³/mol. The Labute approximate surface area is 239 Å². The molecule has 2 aromatic carbocycles. The number of piperazine rings is 1. The number of carbonyl (C=O) groups excluding carboxylic acids is 4. The number of urea groups is 1. The van der Waals surface area contributed by atoms with Gasteiger partial charge in [0.15, 0.2) is 5.78 Å². The van der Waals surface area contributed by atoms with Crippen LogP contribution < -0.4 is 15.1 Å². The number of benzene rings is 2. The minimum atomic E-state index is -4.32. The Morgan fingerprint density at radius 1 is 1.19 bits per heavy atom. The number of nitrogens with one attached hydrogen (secondary N) is 1. The van der Waals surface area contributed by atoms with E-state index >= 15 is 4.39 Å². The zero-order valence-electron chi connectivity index (χ0n) is 22.2. The van der Waals surface area contributed by atoms with Crippen molar-refractivity contribution in [3.05, 3.63) is 58.9 Å². The largest absolute Gasteiger partial charge is 0.535 e. The molecule has 0 bridgehead atoms. The number of hydrogen-bond acceptors (Lipinski definition) is 9. The first kappa shape index (κ1) is 30.6. The number of carboxylic acids is 1. The maximum absolute atomic E-state index is 15.2. The summed E-state index contributed by atoms with van der Waals surface area (Å²) in [5.74, 6) is -6.48. The topological polar surface area (TPSA) is 214 Å². The fourth-order valence-corrected chi connectivity index (χ4v) is 5.35. The number of imide groups is 1. The summed E-state index contributed by atoms with van der Waals surface area (Å²) in [6, 6.07) is 3.75. The van der Waals surface area contributed by atoms with Gasteiger partial charge < -0.3 is 25.0 Å². The molecule has 42 heavy (non-hydrogen) atoms. The molecule has 2 aliphatic rings. The Kier molecular flexibility index (Phi) is 8.65. The van der Waals surface area contributed by atoms with Gasteiger partial charge in [-0.15, -0.1) is 0 Å². The quantitative estimate of drug-likeness (QED) is 0.235. The first-order valence-corrected chi connectivity index (χ1v) is 14.2. The van der Waals surface area contributed by atoms with Gasteiger partial charge in [-0.1, -0.05) is 18.2 Å². The molecule has 1 fully saturated rings. The van der Waals surface area contributed by atoms with Gasteiger partial charge in [-0.25, -0.2) is 27.5 Å². The number of amides is 4. The van der Waals surface area contributed by atoms with Crippen molar-refractivity contribution in [2.45, 2.75) is 36.5 Å². The summed E-state index contributed by atoms with van der Waals surface area (Å²) in [5, 5.41) is 27.3. The number of likely N-dealkylation sites (N-methyl/N-ethyl adjacent to an activating group) is 1. The minimum Gasteiger partial charge on any atom is -0.535 e. The van der Waals surface area contributed by atoms with E-state index < -0.39 is 81.3 Å². The monoisotopic (exact) mass is 604 g/mol. The number of Topliss-reactive ketones (excluding diaryl/α,β-unsaturated/α-hetero) is 1. The third kappa shape index (κ3) is 6.12. The highest BCUT2D eigenvalue weighted by molar-refractivity contribution is 7.89. The van der Waals surface area contributed by atoms with Crippen molar-refractivity contribution in [2.24, 2.45) is 5.14 Å². The van der Waals surface area contributed by atoms with Crippen LogP contribution in [0.1, 0.15) is 40.9 Å². The molecule has 222 valence electrons.